The number of aromatic nitrogens is 3. The van der Waals surface area contributed by atoms with Crippen LogP contribution in [0.3, 0.4) is 0 Å². The lowest BCUT2D eigenvalue weighted by Gasteiger charge is -2.11. The van der Waals surface area contributed by atoms with Gasteiger partial charge in [-0.2, -0.15) is 5.10 Å². The zero-order valence-corrected chi connectivity index (χ0v) is 7.56. The molecule has 1 heterocycles. The van der Waals surface area contributed by atoms with Crippen LogP contribution in [0.4, 0.5) is 0 Å². The van der Waals surface area contributed by atoms with Gasteiger partial charge >= 0.3 is 0 Å². The number of aliphatic hydroxyl groups excluding tert-OH is 1. The summed E-state index contributed by atoms with van der Waals surface area (Å²) in [5, 5.41) is 13.0. The normalized spacial score (nSPS) is 13.2. The molecule has 4 nitrogen and oxygen atoms in total. The summed E-state index contributed by atoms with van der Waals surface area (Å²) in [6.45, 7) is 4.18. The monoisotopic (exact) mass is 169 g/mol. The minimum atomic E-state index is -0.0337. The molecule has 0 spiro atoms. The maximum absolute atomic E-state index is 8.90. The molecule has 0 bridgehead atoms. The fourth-order valence-corrected chi connectivity index (χ4v) is 1.30. The second-order valence-electron chi connectivity index (χ2n) is 2.92. The molecule has 0 aromatic carbocycles. The Labute approximate surface area is 72.2 Å². The standard InChI is InChI=1S/C8H15N3O/c1-3-4-7(2)11-8(5-12)9-6-10-11/h6-7,12H,3-5H2,1-2H3. The van der Waals surface area contributed by atoms with Crippen LogP contribution in [0.1, 0.15) is 38.6 Å². The lowest BCUT2D eigenvalue weighted by atomic mass is 10.2. The van der Waals surface area contributed by atoms with E-state index in [1.54, 1.807) is 4.68 Å². The summed E-state index contributed by atoms with van der Waals surface area (Å²) in [4.78, 5) is 3.94. The third kappa shape index (κ3) is 1.82. The van der Waals surface area contributed by atoms with Crippen molar-refractivity contribution in [3.05, 3.63) is 12.2 Å². The van der Waals surface area contributed by atoms with Gasteiger partial charge in [0.05, 0.1) is 6.04 Å². The molecule has 1 atom stereocenters. The van der Waals surface area contributed by atoms with Crippen LogP contribution in [0.15, 0.2) is 6.33 Å². The molecule has 68 valence electrons. The maximum Gasteiger partial charge on any atom is 0.152 e. The average Bonchev–Trinajstić information content (AvgIpc) is 2.51. The molecule has 0 saturated heterocycles. The Morgan fingerprint density at radius 1 is 1.67 bits per heavy atom. The molecule has 0 aliphatic carbocycles. The highest BCUT2D eigenvalue weighted by Gasteiger charge is 2.08. The van der Waals surface area contributed by atoms with Gasteiger partial charge in [0.1, 0.15) is 12.9 Å². The molecule has 1 aromatic heterocycles. The summed E-state index contributed by atoms with van der Waals surface area (Å²) in [5.74, 6) is 0.649. The van der Waals surface area contributed by atoms with Crippen LogP contribution in [-0.4, -0.2) is 19.9 Å². The van der Waals surface area contributed by atoms with E-state index in [2.05, 4.69) is 23.9 Å². The second kappa shape index (κ2) is 4.21. The van der Waals surface area contributed by atoms with Crippen molar-refractivity contribution in [3.8, 4) is 0 Å². The largest absolute Gasteiger partial charge is 0.388 e. The number of rotatable bonds is 4. The number of hydrogen-bond donors (Lipinski definition) is 1. The molecular weight excluding hydrogens is 154 g/mol. The van der Waals surface area contributed by atoms with Gasteiger partial charge in [-0.15, -0.1) is 0 Å². The molecule has 0 aliphatic heterocycles. The Kier molecular flexibility index (Phi) is 3.22. The summed E-state index contributed by atoms with van der Waals surface area (Å²) >= 11 is 0. The minimum absolute atomic E-state index is 0.0337. The van der Waals surface area contributed by atoms with E-state index >= 15 is 0 Å². The quantitative estimate of drug-likeness (QED) is 0.735. The maximum atomic E-state index is 8.90. The van der Waals surface area contributed by atoms with Gasteiger partial charge in [-0.05, 0) is 13.3 Å². The van der Waals surface area contributed by atoms with E-state index in [-0.39, 0.29) is 6.61 Å². The molecule has 0 fully saturated rings. The van der Waals surface area contributed by atoms with Crippen molar-refractivity contribution in [3.63, 3.8) is 0 Å². The van der Waals surface area contributed by atoms with Crippen LogP contribution in [-0.2, 0) is 6.61 Å². The van der Waals surface area contributed by atoms with Gasteiger partial charge < -0.3 is 5.11 Å². The van der Waals surface area contributed by atoms with Gasteiger partial charge in [0.25, 0.3) is 0 Å². The number of aliphatic hydroxyl groups is 1. The minimum Gasteiger partial charge on any atom is -0.388 e. The molecule has 0 amide bonds. The lowest BCUT2D eigenvalue weighted by molar-refractivity contribution is 0.256. The van der Waals surface area contributed by atoms with Crippen molar-refractivity contribution < 1.29 is 5.11 Å². The average molecular weight is 169 g/mol. The molecule has 1 unspecified atom stereocenters. The number of nitrogens with zero attached hydrogens (tertiary/aromatic N) is 3. The van der Waals surface area contributed by atoms with Gasteiger partial charge in [-0.1, -0.05) is 13.3 Å². The first-order valence-corrected chi connectivity index (χ1v) is 4.28. The Hall–Kier alpha value is -0.900. The van der Waals surface area contributed by atoms with Crippen LogP contribution in [0.5, 0.6) is 0 Å². The number of hydrogen-bond acceptors (Lipinski definition) is 3. The van der Waals surface area contributed by atoms with Crippen LogP contribution in [0.2, 0.25) is 0 Å². The smallest absolute Gasteiger partial charge is 0.152 e. The topological polar surface area (TPSA) is 50.9 Å². The molecule has 1 aromatic rings. The van der Waals surface area contributed by atoms with E-state index in [0.717, 1.165) is 12.8 Å². The summed E-state index contributed by atoms with van der Waals surface area (Å²) < 4.78 is 1.78. The highest BCUT2D eigenvalue weighted by atomic mass is 16.3. The highest BCUT2D eigenvalue weighted by Crippen LogP contribution is 2.12. The molecule has 1 N–H and O–H groups in total. The first kappa shape index (κ1) is 9.19. The lowest BCUT2D eigenvalue weighted by Crippen LogP contribution is -2.10. The predicted molar refractivity (Wildman–Crippen MR) is 45.6 cm³/mol. The molecule has 4 heteroatoms. The Morgan fingerprint density at radius 3 is 3.00 bits per heavy atom. The van der Waals surface area contributed by atoms with E-state index in [1.165, 1.54) is 6.33 Å². The van der Waals surface area contributed by atoms with Gasteiger partial charge in [-0.3, -0.25) is 0 Å². The zero-order chi connectivity index (χ0) is 8.97. The Bertz CT molecular complexity index is 234. The molecular formula is C8H15N3O. The third-order valence-corrected chi connectivity index (χ3v) is 1.91. The second-order valence-corrected chi connectivity index (χ2v) is 2.92. The van der Waals surface area contributed by atoms with Crippen molar-refractivity contribution in [1.82, 2.24) is 14.8 Å². The molecule has 12 heavy (non-hydrogen) atoms. The van der Waals surface area contributed by atoms with Crippen LogP contribution >= 0.6 is 0 Å². The molecule has 0 radical (unpaired) electrons. The van der Waals surface area contributed by atoms with Crippen LogP contribution in [0.25, 0.3) is 0 Å². The third-order valence-electron chi connectivity index (χ3n) is 1.91. The van der Waals surface area contributed by atoms with Crippen LogP contribution < -0.4 is 0 Å². The molecule has 1 rings (SSSR count). The summed E-state index contributed by atoms with van der Waals surface area (Å²) in [5.41, 5.74) is 0. The molecule has 0 aliphatic rings. The van der Waals surface area contributed by atoms with E-state index in [0.29, 0.717) is 11.9 Å². The van der Waals surface area contributed by atoms with E-state index in [4.69, 9.17) is 5.11 Å². The van der Waals surface area contributed by atoms with Gasteiger partial charge in [0, 0.05) is 0 Å². The Balaban J connectivity index is 2.71. The summed E-state index contributed by atoms with van der Waals surface area (Å²) in [6.07, 6.45) is 3.67. The van der Waals surface area contributed by atoms with Crippen molar-refractivity contribution >= 4 is 0 Å². The molecule has 0 saturated carbocycles. The SMILES string of the molecule is CCCC(C)n1ncnc1CO. The first-order valence-electron chi connectivity index (χ1n) is 4.28. The van der Waals surface area contributed by atoms with Crippen molar-refractivity contribution in [2.45, 2.75) is 39.3 Å². The van der Waals surface area contributed by atoms with E-state index in [9.17, 15) is 0 Å². The summed E-state index contributed by atoms with van der Waals surface area (Å²) in [7, 11) is 0. The highest BCUT2D eigenvalue weighted by molar-refractivity contribution is 4.83. The van der Waals surface area contributed by atoms with E-state index in [1.807, 2.05) is 0 Å². The fraction of sp³-hybridized carbons (Fsp3) is 0.750. The van der Waals surface area contributed by atoms with Crippen molar-refractivity contribution in [2.75, 3.05) is 0 Å². The van der Waals surface area contributed by atoms with Crippen molar-refractivity contribution in [1.29, 1.82) is 0 Å². The zero-order valence-electron chi connectivity index (χ0n) is 7.56. The Morgan fingerprint density at radius 2 is 2.42 bits per heavy atom. The van der Waals surface area contributed by atoms with Gasteiger partial charge in [0.15, 0.2) is 5.82 Å². The van der Waals surface area contributed by atoms with E-state index < -0.39 is 0 Å². The van der Waals surface area contributed by atoms with Crippen LogP contribution in [0, 0.1) is 0 Å². The predicted octanol–water partition coefficient (Wildman–Crippen LogP) is 1.13. The van der Waals surface area contributed by atoms with Gasteiger partial charge in [-0.25, -0.2) is 9.67 Å². The fourth-order valence-electron chi connectivity index (χ4n) is 1.30. The van der Waals surface area contributed by atoms with Crippen molar-refractivity contribution in [2.24, 2.45) is 0 Å². The first-order chi connectivity index (χ1) is 5.79. The van der Waals surface area contributed by atoms with Gasteiger partial charge in [0.2, 0.25) is 0 Å². The summed E-state index contributed by atoms with van der Waals surface area (Å²) in [6, 6.07) is 0.333.